The Morgan fingerprint density at radius 3 is 2.59 bits per heavy atom. The smallest absolute Gasteiger partial charge is 0.133 e. The Morgan fingerprint density at radius 1 is 1.12 bits per heavy atom. The average Bonchev–Trinajstić information content (AvgIpc) is 2.82. The highest BCUT2D eigenvalue weighted by Crippen LogP contribution is 2.26. The van der Waals surface area contributed by atoms with E-state index in [2.05, 4.69) is 38.2 Å². The third-order valence-electron chi connectivity index (χ3n) is 5.90. The Bertz CT molecular complexity index is 1230. The molecule has 0 saturated carbocycles. The van der Waals surface area contributed by atoms with Gasteiger partial charge in [-0.3, -0.25) is 0 Å². The fourth-order valence-electron chi connectivity index (χ4n) is 3.99. The number of nitrogens with zero attached hydrogens (tertiary/aromatic N) is 5. The molecule has 5 N–H and O–H groups in total. The van der Waals surface area contributed by atoms with E-state index in [4.69, 9.17) is 11.6 Å². The van der Waals surface area contributed by atoms with Crippen LogP contribution in [0.3, 0.4) is 0 Å². The molecule has 8 nitrogen and oxygen atoms in total. The number of pyridine rings is 2. The van der Waals surface area contributed by atoms with Crippen molar-refractivity contribution in [2.45, 2.75) is 6.92 Å². The second-order valence-corrected chi connectivity index (χ2v) is 8.52. The zero-order valence-corrected chi connectivity index (χ0v) is 19.8. The van der Waals surface area contributed by atoms with E-state index in [1.165, 1.54) is 17.3 Å². The van der Waals surface area contributed by atoms with Crippen LogP contribution in [-0.2, 0) is 0 Å². The lowest BCUT2D eigenvalue weighted by Gasteiger charge is -2.33. The number of nitrogens with one attached hydrogen (secondary N) is 1. The van der Waals surface area contributed by atoms with E-state index in [0.717, 1.165) is 48.6 Å². The van der Waals surface area contributed by atoms with Gasteiger partial charge in [0, 0.05) is 74.0 Å². The lowest BCUT2D eigenvalue weighted by Crippen LogP contribution is -2.44. The molecule has 1 saturated heterocycles. The SMILES string of the molecule is C/C=C(/Nc1cc2cc(/C(N)=C/N(C)N)c(F)cc2cn1)c1ccnc(N2CCN(C)CC2)c1. The molecule has 0 atom stereocenters. The first-order valence-electron chi connectivity index (χ1n) is 11.2. The first-order valence-corrected chi connectivity index (χ1v) is 11.2. The minimum atomic E-state index is -0.423. The van der Waals surface area contributed by atoms with Gasteiger partial charge in [-0.2, -0.15) is 0 Å². The number of hydrazine groups is 1. The van der Waals surface area contributed by atoms with Crippen LogP contribution in [-0.4, -0.2) is 60.2 Å². The monoisotopic (exact) mass is 462 g/mol. The van der Waals surface area contributed by atoms with Crippen LogP contribution < -0.4 is 21.8 Å². The molecule has 0 spiro atoms. The minimum absolute atomic E-state index is 0.248. The number of piperazine rings is 1. The molecule has 0 amide bonds. The van der Waals surface area contributed by atoms with Crippen molar-refractivity contribution in [2.24, 2.45) is 11.6 Å². The molecule has 1 aliphatic rings. The lowest BCUT2D eigenvalue weighted by molar-refractivity contribution is 0.312. The predicted octanol–water partition coefficient (Wildman–Crippen LogP) is 3.06. The van der Waals surface area contributed by atoms with Crippen molar-refractivity contribution in [3.63, 3.8) is 0 Å². The molecule has 1 aliphatic heterocycles. The maximum Gasteiger partial charge on any atom is 0.133 e. The van der Waals surface area contributed by atoms with Gasteiger partial charge in [0.15, 0.2) is 0 Å². The average molecular weight is 463 g/mol. The van der Waals surface area contributed by atoms with Crippen LogP contribution in [0.5, 0.6) is 0 Å². The largest absolute Gasteiger partial charge is 0.397 e. The number of hydrogen-bond acceptors (Lipinski definition) is 8. The van der Waals surface area contributed by atoms with Gasteiger partial charge < -0.3 is 25.9 Å². The molecular formula is C25H31FN8. The maximum absolute atomic E-state index is 14.6. The van der Waals surface area contributed by atoms with Gasteiger partial charge in [-0.1, -0.05) is 6.08 Å². The van der Waals surface area contributed by atoms with Gasteiger partial charge in [0.05, 0.1) is 5.70 Å². The Kier molecular flexibility index (Phi) is 6.95. The molecule has 0 unspecified atom stereocenters. The van der Waals surface area contributed by atoms with Crippen LogP contribution in [0, 0.1) is 5.82 Å². The molecular weight excluding hydrogens is 431 g/mol. The lowest BCUT2D eigenvalue weighted by atomic mass is 10.1. The van der Waals surface area contributed by atoms with E-state index in [1.54, 1.807) is 19.3 Å². The fourth-order valence-corrected chi connectivity index (χ4v) is 3.99. The van der Waals surface area contributed by atoms with Gasteiger partial charge in [0.2, 0.25) is 0 Å². The minimum Gasteiger partial charge on any atom is -0.397 e. The number of hydrogen-bond donors (Lipinski definition) is 3. The Balaban J connectivity index is 1.60. The normalized spacial score (nSPS) is 15.6. The molecule has 0 aliphatic carbocycles. The Morgan fingerprint density at radius 2 is 1.88 bits per heavy atom. The summed E-state index contributed by atoms with van der Waals surface area (Å²) in [5.74, 6) is 6.81. The Labute approximate surface area is 199 Å². The molecule has 3 aromatic rings. The zero-order valence-electron chi connectivity index (χ0n) is 19.8. The summed E-state index contributed by atoms with van der Waals surface area (Å²) in [6.45, 7) is 5.92. The number of fused-ring (bicyclic) bond motifs is 1. The van der Waals surface area contributed by atoms with Crippen molar-refractivity contribution in [2.75, 3.05) is 50.5 Å². The van der Waals surface area contributed by atoms with E-state index in [0.29, 0.717) is 16.8 Å². The summed E-state index contributed by atoms with van der Waals surface area (Å²) in [6, 6.07) is 9.09. The molecule has 4 rings (SSSR count). The highest BCUT2D eigenvalue weighted by molar-refractivity contribution is 5.89. The van der Waals surface area contributed by atoms with Crippen molar-refractivity contribution in [3.8, 4) is 0 Å². The summed E-state index contributed by atoms with van der Waals surface area (Å²) < 4.78 is 14.6. The summed E-state index contributed by atoms with van der Waals surface area (Å²) in [5, 5.41) is 6.19. The number of rotatable bonds is 6. The number of halogens is 1. The van der Waals surface area contributed by atoms with Crippen molar-refractivity contribution in [3.05, 3.63) is 71.9 Å². The van der Waals surface area contributed by atoms with Crippen molar-refractivity contribution >= 4 is 33.8 Å². The fraction of sp³-hybridized carbons (Fsp3) is 0.280. The zero-order chi connectivity index (χ0) is 24.2. The van der Waals surface area contributed by atoms with Crippen LogP contribution in [0.1, 0.15) is 18.1 Å². The van der Waals surface area contributed by atoms with E-state index < -0.39 is 5.82 Å². The van der Waals surface area contributed by atoms with Gasteiger partial charge in [-0.15, -0.1) is 0 Å². The molecule has 1 aromatic carbocycles. The van der Waals surface area contributed by atoms with Gasteiger partial charge in [0.1, 0.15) is 17.5 Å². The topological polar surface area (TPSA) is 99.6 Å². The summed E-state index contributed by atoms with van der Waals surface area (Å²) in [4.78, 5) is 13.7. The first-order chi connectivity index (χ1) is 16.3. The van der Waals surface area contributed by atoms with Crippen LogP contribution in [0.25, 0.3) is 22.2 Å². The molecule has 178 valence electrons. The van der Waals surface area contributed by atoms with Gasteiger partial charge in [0.25, 0.3) is 0 Å². The van der Waals surface area contributed by atoms with E-state index in [9.17, 15) is 4.39 Å². The quantitative estimate of drug-likeness (QED) is 0.380. The van der Waals surface area contributed by atoms with Gasteiger partial charge in [-0.05, 0) is 49.7 Å². The van der Waals surface area contributed by atoms with Crippen LogP contribution >= 0.6 is 0 Å². The van der Waals surface area contributed by atoms with Crippen molar-refractivity contribution in [1.29, 1.82) is 0 Å². The molecule has 0 radical (unpaired) electrons. The second kappa shape index (κ2) is 10.1. The van der Waals surface area contributed by atoms with Gasteiger partial charge >= 0.3 is 0 Å². The second-order valence-electron chi connectivity index (χ2n) is 8.52. The number of benzene rings is 1. The third-order valence-corrected chi connectivity index (χ3v) is 5.90. The van der Waals surface area contributed by atoms with Crippen LogP contribution in [0.2, 0.25) is 0 Å². The van der Waals surface area contributed by atoms with Crippen LogP contribution in [0.15, 0.2) is 55.0 Å². The molecule has 34 heavy (non-hydrogen) atoms. The number of nitrogens with two attached hydrogens (primary N) is 2. The summed E-state index contributed by atoms with van der Waals surface area (Å²) in [7, 11) is 3.77. The van der Waals surface area contributed by atoms with Crippen molar-refractivity contribution in [1.82, 2.24) is 19.9 Å². The summed E-state index contributed by atoms with van der Waals surface area (Å²) in [6.07, 6.45) is 6.96. The van der Waals surface area contributed by atoms with Crippen LogP contribution in [0.4, 0.5) is 16.0 Å². The summed E-state index contributed by atoms with van der Waals surface area (Å²) >= 11 is 0. The molecule has 3 heterocycles. The molecule has 0 bridgehead atoms. The van der Waals surface area contributed by atoms with Crippen molar-refractivity contribution < 1.29 is 4.39 Å². The van der Waals surface area contributed by atoms with Gasteiger partial charge in [-0.25, -0.2) is 20.2 Å². The highest BCUT2D eigenvalue weighted by Gasteiger charge is 2.16. The highest BCUT2D eigenvalue weighted by atomic mass is 19.1. The molecule has 9 heteroatoms. The Hall–Kier alpha value is -3.69. The maximum atomic E-state index is 14.6. The number of allylic oxidation sites excluding steroid dienone is 1. The third kappa shape index (κ3) is 5.27. The predicted molar refractivity (Wildman–Crippen MR) is 137 cm³/mol. The van der Waals surface area contributed by atoms with E-state index >= 15 is 0 Å². The first kappa shape index (κ1) is 23.5. The number of aromatic nitrogens is 2. The molecule has 2 aromatic heterocycles. The number of likely N-dealkylation sites (N-methyl/N-ethyl adjacent to an activating group) is 1. The van der Waals surface area contributed by atoms with E-state index in [-0.39, 0.29) is 5.70 Å². The molecule has 1 fully saturated rings. The summed E-state index contributed by atoms with van der Waals surface area (Å²) in [5.41, 5.74) is 8.51. The number of anilines is 2. The van der Waals surface area contributed by atoms with E-state index in [1.807, 2.05) is 31.3 Å². The standard InChI is InChI=1S/C25H31FN8/c1-4-23(17-5-6-29-25(14-17)34-9-7-32(2)8-10-34)31-24-13-18-11-20(22(27)16-33(3)28)21(26)12-19(18)15-30-24/h4-6,11-16H,7-10,27-28H2,1-3H3,(H,30,31)/b22-16-,23-4+.